The number of aromatic nitrogens is 4. The van der Waals surface area contributed by atoms with E-state index in [0.717, 1.165) is 22.3 Å². The minimum atomic E-state index is -0.0823. The van der Waals surface area contributed by atoms with Crippen molar-refractivity contribution < 1.29 is 0 Å². The Morgan fingerprint density at radius 1 is 1.07 bits per heavy atom. The molecule has 0 aliphatic heterocycles. The van der Waals surface area contributed by atoms with Crippen LogP contribution < -0.4 is 5.69 Å². The van der Waals surface area contributed by atoms with Crippen molar-refractivity contribution in [2.75, 3.05) is 0 Å². The van der Waals surface area contributed by atoms with Gasteiger partial charge in [0.1, 0.15) is 5.82 Å². The van der Waals surface area contributed by atoms with E-state index in [2.05, 4.69) is 9.97 Å². The lowest BCUT2D eigenvalue weighted by Gasteiger charge is -2.06. The molecule has 0 aliphatic rings. The van der Waals surface area contributed by atoms with Crippen LogP contribution in [0.25, 0.3) is 11.0 Å². The summed E-state index contributed by atoms with van der Waals surface area (Å²) in [5, 5.41) is 1.81. The molecule has 0 radical (unpaired) electrons. The van der Waals surface area contributed by atoms with Crippen LogP contribution in [0.15, 0.2) is 47.4 Å². The molecule has 2 heterocycles. The standard InChI is InChI=1S/C20H17Cl3N4O/c1-2-27-15(7-12-3-4-13(21)8-16(12)23)10-26(20(27)28)11-19-24-17-6-5-14(22)9-18(17)25-19/h3-6,8-10H,2,7,11H2,1H3,(H,24,25). The van der Waals surface area contributed by atoms with Gasteiger partial charge in [-0.15, -0.1) is 0 Å². The third kappa shape index (κ3) is 3.70. The number of fused-ring (bicyclic) bond motifs is 1. The number of hydrogen-bond acceptors (Lipinski definition) is 2. The third-order valence-corrected chi connectivity index (χ3v) is 5.47. The van der Waals surface area contributed by atoms with Crippen LogP contribution in [0.5, 0.6) is 0 Å². The summed E-state index contributed by atoms with van der Waals surface area (Å²) in [6.45, 7) is 2.86. The molecule has 28 heavy (non-hydrogen) atoms. The maximum atomic E-state index is 12.8. The van der Waals surface area contributed by atoms with Crippen LogP contribution in [-0.2, 0) is 19.5 Å². The van der Waals surface area contributed by atoms with Gasteiger partial charge in [-0.3, -0.25) is 9.13 Å². The molecule has 4 rings (SSSR count). The van der Waals surface area contributed by atoms with Gasteiger partial charge >= 0.3 is 5.69 Å². The number of H-pyrrole nitrogens is 1. The van der Waals surface area contributed by atoms with Crippen molar-refractivity contribution in [3.63, 3.8) is 0 Å². The second kappa shape index (κ2) is 7.66. The summed E-state index contributed by atoms with van der Waals surface area (Å²) in [4.78, 5) is 20.6. The molecule has 0 amide bonds. The van der Waals surface area contributed by atoms with E-state index in [1.165, 1.54) is 0 Å². The van der Waals surface area contributed by atoms with Crippen LogP contribution in [0, 0.1) is 0 Å². The summed E-state index contributed by atoms with van der Waals surface area (Å²) in [5.74, 6) is 0.698. The Morgan fingerprint density at radius 2 is 1.82 bits per heavy atom. The van der Waals surface area contributed by atoms with E-state index >= 15 is 0 Å². The van der Waals surface area contributed by atoms with Crippen LogP contribution in [0.3, 0.4) is 0 Å². The molecule has 0 unspecified atom stereocenters. The fourth-order valence-corrected chi connectivity index (χ4v) is 3.95. The highest BCUT2D eigenvalue weighted by molar-refractivity contribution is 6.35. The molecule has 4 aromatic rings. The Hall–Kier alpha value is -2.21. The van der Waals surface area contributed by atoms with Gasteiger partial charge in [-0.2, -0.15) is 0 Å². The van der Waals surface area contributed by atoms with Gasteiger partial charge < -0.3 is 4.98 Å². The summed E-state index contributed by atoms with van der Waals surface area (Å²) >= 11 is 18.3. The van der Waals surface area contributed by atoms with E-state index in [9.17, 15) is 4.79 Å². The Bertz CT molecular complexity index is 1220. The molecule has 0 spiro atoms. The number of halogens is 3. The van der Waals surface area contributed by atoms with Gasteiger partial charge in [0.25, 0.3) is 0 Å². The molecule has 0 fully saturated rings. The second-order valence-electron chi connectivity index (χ2n) is 6.53. The van der Waals surface area contributed by atoms with Crippen LogP contribution >= 0.6 is 34.8 Å². The highest BCUT2D eigenvalue weighted by atomic mass is 35.5. The number of benzene rings is 2. The zero-order valence-corrected chi connectivity index (χ0v) is 17.3. The molecular formula is C20H17Cl3N4O. The normalized spacial score (nSPS) is 11.4. The first-order valence-corrected chi connectivity index (χ1v) is 9.95. The average molecular weight is 436 g/mol. The van der Waals surface area contributed by atoms with Crippen LogP contribution in [0.1, 0.15) is 24.0 Å². The zero-order valence-electron chi connectivity index (χ0n) is 15.0. The van der Waals surface area contributed by atoms with Crippen LogP contribution in [0.4, 0.5) is 0 Å². The van der Waals surface area contributed by atoms with Crippen molar-refractivity contribution in [3.8, 4) is 0 Å². The molecule has 0 saturated heterocycles. The number of hydrogen-bond donors (Lipinski definition) is 1. The zero-order chi connectivity index (χ0) is 19.8. The van der Waals surface area contributed by atoms with Crippen molar-refractivity contribution in [2.24, 2.45) is 0 Å². The maximum absolute atomic E-state index is 12.8. The lowest BCUT2D eigenvalue weighted by atomic mass is 10.1. The minimum Gasteiger partial charge on any atom is -0.340 e. The van der Waals surface area contributed by atoms with Gasteiger partial charge in [0.15, 0.2) is 0 Å². The first-order valence-electron chi connectivity index (χ1n) is 8.81. The van der Waals surface area contributed by atoms with E-state index in [1.807, 2.05) is 31.3 Å². The fraction of sp³-hybridized carbons (Fsp3) is 0.200. The SMILES string of the molecule is CCn1c(Cc2ccc(Cl)cc2Cl)cn(Cc2nc3ccc(Cl)cc3[nH]2)c1=O. The number of imidazole rings is 2. The van der Waals surface area contributed by atoms with Crippen molar-refractivity contribution in [1.29, 1.82) is 0 Å². The molecule has 144 valence electrons. The van der Waals surface area contributed by atoms with E-state index < -0.39 is 0 Å². The largest absolute Gasteiger partial charge is 0.340 e. The van der Waals surface area contributed by atoms with Crippen molar-refractivity contribution in [1.82, 2.24) is 19.1 Å². The van der Waals surface area contributed by atoms with Crippen molar-refractivity contribution in [3.05, 3.63) is 85.2 Å². The second-order valence-corrected chi connectivity index (χ2v) is 7.81. The monoisotopic (exact) mass is 434 g/mol. The minimum absolute atomic E-state index is 0.0823. The summed E-state index contributed by atoms with van der Waals surface area (Å²) in [6, 6.07) is 10.9. The van der Waals surface area contributed by atoms with Gasteiger partial charge in [0.2, 0.25) is 0 Å². The third-order valence-electron chi connectivity index (χ3n) is 4.64. The van der Waals surface area contributed by atoms with E-state index in [4.69, 9.17) is 34.8 Å². The van der Waals surface area contributed by atoms with Gasteiger partial charge in [0.05, 0.1) is 17.6 Å². The van der Waals surface area contributed by atoms with E-state index in [1.54, 1.807) is 27.3 Å². The molecule has 1 N–H and O–H groups in total. The highest BCUT2D eigenvalue weighted by Gasteiger charge is 2.14. The van der Waals surface area contributed by atoms with Crippen molar-refractivity contribution >= 4 is 45.8 Å². The quantitative estimate of drug-likeness (QED) is 0.471. The van der Waals surface area contributed by atoms with Crippen LogP contribution in [-0.4, -0.2) is 19.1 Å². The molecular weight excluding hydrogens is 419 g/mol. The summed E-state index contributed by atoms with van der Waals surface area (Å²) in [6.07, 6.45) is 2.40. The molecule has 0 atom stereocenters. The van der Waals surface area contributed by atoms with Gasteiger partial charge in [-0.05, 0) is 42.8 Å². The number of rotatable bonds is 5. The molecule has 5 nitrogen and oxygen atoms in total. The Kier molecular flexibility index (Phi) is 5.23. The number of nitrogens with zero attached hydrogens (tertiary/aromatic N) is 3. The highest BCUT2D eigenvalue weighted by Crippen LogP contribution is 2.23. The average Bonchev–Trinajstić information content (AvgIpc) is 3.17. The summed E-state index contributed by atoms with van der Waals surface area (Å²) < 4.78 is 3.40. The van der Waals surface area contributed by atoms with Gasteiger partial charge in [0, 0.05) is 39.9 Å². The molecule has 0 aliphatic carbocycles. The predicted octanol–water partition coefficient (Wildman–Crippen LogP) is 5.15. The topological polar surface area (TPSA) is 55.6 Å². The lowest BCUT2D eigenvalue weighted by Crippen LogP contribution is -2.25. The van der Waals surface area contributed by atoms with Crippen molar-refractivity contribution in [2.45, 2.75) is 26.4 Å². The number of nitrogens with one attached hydrogen (secondary N) is 1. The molecule has 8 heteroatoms. The predicted molar refractivity (Wildman–Crippen MR) is 114 cm³/mol. The molecule has 0 saturated carbocycles. The van der Waals surface area contributed by atoms with Gasteiger partial charge in [-0.1, -0.05) is 40.9 Å². The first-order chi connectivity index (χ1) is 13.4. The Labute approximate surface area is 176 Å². The molecule has 2 aromatic carbocycles. The Balaban J connectivity index is 1.67. The summed E-state index contributed by atoms with van der Waals surface area (Å²) in [5.41, 5.74) is 3.38. The fourth-order valence-electron chi connectivity index (χ4n) is 3.31. The number of aromatic amines is 1. The molecule has 2 aromatic heterocycles. The maximum Gasteiger partial charge on any atom is 0.328 e. The van der Waals surface area contributed by atoms with Gasteiger partial charge in [-0.25, -0.2) is 9.78 Å². The van der Waals surface area contributed by atoms with E-state index in [0.29, 0.717) is 40.4 Å². The van der Waals surface area contributed by atoms with Crippen LogP contribution in [0.2, 0.25) is 15.1 Å². The molecule has 0 bridgehead atoms. The summed E-state index contributed by atoms with van der Waals surface area (Å²) in [7, 11) is 0. The smallest absolute Gasteiger partial charge is 0.328 e. The lowest BCUT2D eigenvalue weighted by molar-refractivity contribution is 0.646. The van der Waals surface area contributed by atoms with E-state index in [-0.39, 0.29) is 5.69 Å². The Morgan fingerprint density at radius 3 is 2.57 bits per heavy atom. The first kappa shape index (κ1) is 19.1.